The molecule has 23 heavy (non-hydrogen) atoms. The van der Waals surface area contributed by atoms with Crippen molar-refractivity contribution in [1.29, 1.82) is 0 Å². The van der Waals surface area contributed by atoms with Crippen molar-refractivity contribution >= 4 is 23.2 Å². The third-order valence-electron chi connectivity index (χ3n) is 3.80. The molecule has 2 aromatic carbocycles. The van der Waals surface area contributed by atoms with Crippen molar-refractivity contribution in [3.63, 3.8) is 0 Å². The summed E-state index contributed by atoms with van der Waals surface area (Å²) in [7, 11) is 0. The lowest BCUT2D eigenvalue weighted by molar-refractivity contribution is -0.115. The highest BCUT2D eigenvalue weighted by Crippen LogP contribution is 2.23. The molecule has 1 amide bonds. The lowest BCUT2D eigenvalue weighted by Crippen LogP contribution is -2.33. The quantitative estimate of drug-likeness (QED) is 0.814. The summed E-state index contributed by atoms with van der Waals surface area (Å²) < 4.78 is 0. The minimum Gasteiger partial charge on any atom is -0.325 e. The zero-order valence-corrected chi connectivity index (χ0v) is 14.5. The third-order valence-corrected chi connectivity index (χ3v) is 4.05. The van der Waals surface area contributed by atoms with Gasteiger partial charge in [-0.15, -0.1) is 0 Å². The van der Waals surface area contributed by atoms with Gasteiger partial charge >= 0.3 is 0 Å². The lowest BCUT2D eigenvalue weighted by atomic mass is 9.96. The molecule has 4 heteroatoms. The number of para-hydroxylation sites is 1. The molecule has 0 aliphatic carbocycles. The second-order valence-corrected chi connectivity index (χ2v) is 6.45. The molecular weight excluding hydrogens is 308 g/mol. The monoisotopic (exact) mass is 330 g/mol. The number of hydrogen-bond donors (Lipinski definition) is 2. The Balaban J connectivity index is 1.97. The number of amides is 1. The number of rotatable bonds is 6. The smallest absolute Gasteiger partial charge is 0.238 e. The van der Waals surface area contributed by atoms with Crippen LogP contribution in [0.15, 0.2) is 48.5 Å². The largest absolute Gasteiger partial charge is 0.325 e. The molecule has 0 unspecified atom stereocenters. The summed E-state index contributed by atoms with van der Waals surface area (Å²) in [6.45, 7) is 6.50. The number of carbonyl (C=O) groups excluding carboxylic acids is 1. The molecule has 2 N–H and O–H groups in total. The zero-order chi connectivity index (χ0) is 16.8. The average Bonchev–Trinajstić information content (AvgIpc) is 2.51. The Morgan fingerprint density at radius 2 is 1.74 bits per heavy atom. The van der Waals surface area contributed by atoms with Gasteiger partial charge in [0.1, 0.15) is 0 Å². The second-order valence-electron chi connectivity index (χ2n) is 6.02. The highest BCUT2D eigenvalue weighted by molar-refractivity contribution is 6.30. The van der Waals surface area contributed by atoms with Gasteiger partial charge in [-0.1, -0.05) is 55.8 Å². The number of aryl methyl sites for hydroxylation is 1. The van der Waals surface area contributed by atoms with E-state index in [0.717, 1.165) is 16.8 Å². The molecule has 0 saturated carbocycles. The summed E-state index contributed by atoms with van der Waals surface area (Å²) >= 11 is 5.94. The fraction of sp³-hybridized carbons (Fsp3) is 0.316. The van der Waals surface area contributed by atoms with Crippen LogP contribution >= 0.6 is 11.6 Å². The van der Waals surface area contributed by atoms with E-state index in [1.807, 2.05) is 55.5 Å². The number of carbonyl (C=O) groups is 1. The van der Waals surface area contributed by atoms with Crippen molar-refractivity contribution in [2.24, 2.45) is 5.92 Å². The van der Waals surface area contributed by atoms with Crippen LogP contribution in [0.5, 0.6) is 0 Å². The molecule has 2 aromatic rings. The first kappa shape index (κ1) is 17.5. The number of halogens is 1. The van der Waals surface area contributed by atoms with Crippen molar-refractivity contribution in [2.45, 2.75) is 26.8 Å². The number of anilines is 1. The van der Waals surface area contributed by atoms with Crippen molar-refractivity contribution in [3.05, 3.63) is 64.7 Å². The van der Waals surface area contributed by atoms with Crippen LogP contribution in [-0.2, 0) is 4.79 Å². The number of hydrogen-bond acceptors (Lipinski definition) is 2. The molecule has 0 aliphatic rings. The van der Waals surface area contributed by atoms with E-state index in [1.165, 1.54) is 0 Å². The SMILES string of the molecule is Cc1ccccc1NC(=O)CN[C@H](c1ccc(Cl)cc1)C(C)C. The fourth-order valence-electron chi connectivity index (χ4n) is 2.52. The van der Waals surface area contributed by atoms with E-state index in [9.17, 15) is 4.79 Å². The molecule has 0 aromatic heterocycles. The number of nitrogens with one attached hydrogen (secondary N) is 2. The Labute approximate surface area is 143 Å². The summed E-state index contributed by atoms with van der Waals surface area (Å²) in [6.07, 6.45) is 0. The maximum Gasteiger partial charge on any atom is 0.238 e. The van der Waals surface area contributed by atoms with E-state index in [-0.39, 0.29) is 18.5 Å². The zero-order valence-electron chi connectivity index (χ0n) is 13.8. The second kappa shape index (κ2) is 8.14. The van der Waals surface area contributed by atoms with E-state index in [2.05, 4.69) is 24.5 Å². The van der Waals surface area contributed by atoms with Crippen LogP contribution < -0.4 is 10.6 Å². The van der Waals surface area contributed by atoms with Gasteiger partial charge in [-0.05, 0) is 42.2 Å². The van der Waals surface area contributed by atoms with Crippen molar-refractivity contribution in [2.75, 3.05) is 11.9 Å². The molecule has 0 spiro atoms. The molecule has 122 valence electrons. The van der Waals surface area contributed by atoms with E-state index in [4.69, 9.17) is 11.6 Å². The molecule has 3 nitrogen and oxygen atoms in total. The highest BCUT2D eigenvalue weighted by atomic mass is 35.5. The Morgan fingerprint density at radius 1 is 1.09 bits per heavy atom. The van der Waals surface area contributed by atoms with Crippen LogP contribution in [0.25, 0.3) is 0 Å². The van der Waals surface area contributed by atoms with Gasteiger partial charge < -0.3 is 10.6 Å². The van der Waals surface area contributed by atoms with Gasteiger partial charge in [0.2, 0.25) is 5.91 Å². The van der Waals surface area contributed by atoms with Gasteiger partial charge in [-0.25, -0.2) is 0 Å². The van der Waals surface area contributed by atoms with E-state index >= 15 is 0 Å². The van der Waals surface area contributed by atoms with E-state index in [0.29, 0.717) is 10.9 Å². The molecule has 0 aliphatic heterocycles. The molecule has 0 fully saturated rings. The molecule has 1 atom stereocenters. The predicted molar refractivity (Wildman–Crippen MR) is 96.8 cm³/mol. The summed E-state index contributed by atoms with van der Waals surface area (Å²) in [4.78, 5) is 12.2. The molecular formula is C19H23ClN2O. The topological polar surface area (TPSA) is 41.1 Å². The van der Waals surface area contributed by atoms with Crippen LogP contribution in [-0.4, -0.2) is 12.5 Å². The van der Waals surface area contributed by atoms with Crippen LogP contribution in [0, 0.1) is 12.8 Å². The third kappa shape index (κ3) is 5.08. The van der Waals surface area contributed by atoms with Gasteiger partial charge in [-0.3, -0.25) is 4.79 Å². The first-order valence-corrected chi connectivity index (χ1v) is 8.19. The predicted octanol–water partition coefficient (Wildman–Crippen LogP) is 4.57. The van der Waals surface area contributed by atoms with Crippen LogP contribution in [0.2, 0.25) is 5.02 Å². The maximum absolute atomic E-state index is 12.2. The summed E-state index contributed by atoms with van der Waals surface area (Å²) in [6, 6.07) is 15.6. The van der Waals surface area contributed by atoms with E-state index in [1.54, 1.807) is 0 Å². The summed E-state index contributed by atoms with van der Waals surface area (Å²) in [5.74, 6) is 0.321. The minimum atomic E-state index is -0.0427. The minimum absolute atomic E-state index is 0.0427. The van der Waals surface area contributed by atoms with Gasteiger partial charge in [0, 0.05) is 16.8 Å². The van der Waals surface area contributed by atoms with Gasteiger partial charge in [0.15, 0.2) is 0 Å². The normalized spacial score (nSPS) is 12.2. The number of benzene rings is 2. The Kier molecular flexibility index (Phi) is 6.20. The summed E-state index contributed by atoms with van der Waals surface area (Å²) in [5.41, 5.74) is 3.04. The average molecular weight is 331 g/mol. The fourth-order valence-corrected chi connectivity index (χ4v) is 2.64. The molecule has 2 rings (SSSR count). The molecule has 0 heterocycles. The molecule has 0 radical (unpaired) electrons. The maximum atomic E-state index is 12.2. The summed E-state index contributed by atoms with van der Waals surface area (Å²) in [5, 5.41) is 7.00. The Morgan fingerprint density at radius 3 is 2.35 bits per heavy atom. The van der Waals surface area contributed by atoms with Gasteiger partial charge in [0.05, 0.1) is 6.54 Å². The van der Waals surface area contributed by atoms with E-state index < -0.39 is 0 Å². The van der Waals surface area contributed by atoms with Crippen molar-refractivity contribution < 1.29 is 4.79 Å². The van der Waals surface area contributed by atoms with Crippen molar-refractivity contribution in [1.82, 2.24) is 5.32 Å². The standard InChI is InChI=1S/C19H23ClN2O/c1-13(2)19(15-8-10-16(20)11-9-15)21-12-18(23)22-17-7-5-4-6-14(17)3/h4-11,13,19,21H,12H2,1-3H3,(H,22,23)/t19-/m0/s1. The highest BCUT2D eigenvalue weighted by Gasteiger charge is 2.16. The van der Waals surface area contributed by atoms with Crippen LogP contribution in [0.1, 0.15) is 31.0 Å². The van der Waals surface area contributed by atoms with Gasteiger partial charge in [-0.2, -0.15) is 0 Å². The lowest BCUT2D eigenvalue weighted by Gasteiger charge is -2.23. The molecule has 0 bridgehead atoms. The first-order chi connectivity index (χ1) is 11.0. The van der Waals surface area contributed by atoms with Crippen molar-refractivity contribution in [3.8, 4) is 0 Å². The Hall–Kier alpha value is -1.84. The Bertz CT molecular complexity index is 653. The van der Waals surface area contributed by atoms with Crippen LogP contribution in [0.4, 0.5) is 5.69 Å². The van der Waals surface area contributed by atoms with Crippen LogP contribution in [0.3, 0.4) is 0 Å². The van der Waals surface area contributed by atoms with Gasteiger partial charge in [0.25, 0.3) is 0 Å². The molecule has 0 saturated heterocycles. The first-order valence-electron chi connectivity index (χ1n) is 7.81.